The van der Waals surface area contributed by atoms with Crippen LogP contribution < -0.4 is 9.47 Å². The smallest absolute Gasteiger partial charge is 0.231 e. The van der Waals surface area contributed by atoms with Crippen molar-refractivity contribution >= 4 is 0 Å². The van der Waals surface area contributed by atoms with Gasteiger partial charge in [-0.1, -0.05) is 0 Å². The summed E-state index contributed by atoms with van der Waals surface area (Å²) < 4.78 is 16.5. The number of rotatable bonds is 1. The topological polar surface area (TPSA) is 51.2 Å². The van der Waals surface area contributed by atoms with Gasteiger partial charge in [-0.3, -0.25) is 4.90 Å². The van der Waals surface area contributed by atoms with Crippen LogP contribution in [0.4, 0.5) is 0 Å². The van der Waals surface area contributed by atoms with E-state index < -0.39 is 6.10 Å². The van der Waals surface area contributed by atoms with Gasteiger partial charge in [0.2, 0.25) is 6.79 Å². The van der Waals surface area contributed by atoms with Crippen LogP contribution in [-0.4, -0.2) is 42.6 Å². The molecule has 116 valence electrons. The number of benzene rings is 1. The summed E-state index contributed by atoms with van der Waals surface area (Å²) in [6.07, 6.45) is 2.66. The van der Waals surface area contributed by atoms with Crippen molar-refractivity contribution in [1.29, 1.82) is 0 Å². The molecule has 4 aliphatic rings. The molecule has 0 amide bonds. The summed E-state index contributed by atoms with van der Waals surface area (Å²) in [7, 11) is 1.64. The second-order valence-electron chi connectivity index (χ2n) is 6.56. The third-order valence-electron chi connectivity index (χ3n) is 5.59. The lowest BCUT2D eigenvalue weighted by Crippen LogP contribution is -2.48. The van der Waals surface area contributed by atoms with Crippen molar-refractivity contribution in [3.63, 3.8) is 0 Å². The SMILES string of the molecule is COC1=C[C@@H]2CCN3Cc4cc5c(cc4[C@@H]([C@@H]23)[C@@H]1O)OCO5. The summed E-state index contributed by atoms with van der Waals surface area (Å²) in [4.78, 5) is 2.49. The molecular formula is C17H19NO4. The van der Waals surface area contributed by atoms with E-state index in [0.29, 0.717) is 17.7 Å². The maximum atomic E-state index is 10.8. The normalized spacial score (nSPS) is 34.9. The Morgan fingerprint density at radius 2 is 2.09 bits per heavy atom. The maximum Gasteiger partial charge on any atom is 0.231 e. The van der Waals surface area contributed by atoms with Crippen LogP contribution in [0.3, 0.4) is 0 Å². The number of aliphatic hydroxyl groups excluding tert-OH is 1. The molecule has 1 saturated heterocycles. The lowest BCUT2D eigenvalue weighted by atomic mass is 9.72. The van der Waals surface area contributed by atoms with E-state index >= 15 is 0 Å². The van der Waals surface area contributed by atoms with Gasteiger partial charge in [0.15, 0.2) is 11.5 Å². The highest BCUT2D eigenvalue weighted by Crippen LogP contribution is 2.50. The van der Waals surface area contributed by atoms with E-state index in [9.17, 15) is 5.11 Å². The van der Waals surface area contributed by atoms with E-state index in [-0.39, 0.29) is 12.7 Å². The van der Waals surface area contributed by atoms with Crippen molar-refractivity contribution in [2.24, 2.45) is 5.92 Å². The van der Waals surface area contributed by atoms with Crippen molar-refractivity contribution in [1.82, 2.24) is 4.90 Å². The Labute approximate surface area is 129 Å². The van der Waals surface area contributed by atoms with Gasteiger partial charge in [0.1, 0.15) is 11.9 Å². The zero-order valence-electron chi connectivity index (χ0n) is 12.5. The highest BCUT2D eigenvalue weighted by molar-refractivity contribution is 5.52. The van der Waals surface area contributed by atoms with Crippen molar-refractivity contribution < 1.29 is 19.3 Å². The van der Waals surface area contributed by atoms with E-state index in [1.54, 1.807) is 7.11 Å². The Morgan fingerprint density at radius 3 is 2.91 bits per heavy atom. The second kappa shape index (κ2) is 4.40. The Hall–Kier alpha value is -1.72. The Bertz CT molecular complexity index is 671. The zero-order chi connectivity index (χ0) is 14.8. The van der Waals surface area contributed by atoms with Gasteiger partial charge in [-0.25, -0.2) is 0 Å². The minimum Gasteiger partial charge on any atom is -0.499 e. The van der Waals surface area contributed by atoms with Gasteiger partial charge in [0.25, 0.3) is 0 Å². The van der Waals surface area contributed by atoms with Crippen LogP contribution >= 0.6 is 0 Å². The lowest BCUT2D eigenvalue weighted by molar-refractivity contribution is 0.0413. The average molecular weight is 301 g/mol. The number of fused-ring (bicyclic) bond motifs is 3. The molecule has 0 spiro atoms. The fraction of sp³-hybridized carbons (Fsp3) is 0.529. The molecule has 1 N–H and O–H groups in total. The van der Waals surface area contributed by atoms with Crippen molar-refractivity contribution in [2.75, 3.05) is 20.4 Å². The first-order valence-corrected chi connectivity index (χ1v) is 7.86. The molecule has 1 aromatic carbocycles. The average Bonchev–Trinajstić information content (AvgIpc) is 3.14. The summed E-state index contributed by atoms with van der Waals surface area (Å²) in [5, 5.41) is 10.8. The van der Waals surface area contributed by atoms with Gasteiger partial charge >= 0.3 is 0 Å². The highest BCUT2D eigenvalue weighted by Gasteiger charge is 2.50. The molecule has 1 fully saturated rings. The third-order valence-corrected chi connectivity index (χ3v) is 5.59. The number of hydrogen-bond acceptors (Lipinski definition) is 5. The number of hydrogen-bond donors (Lipinski definition) is 1. The van der Waals surface area contributed by atoms with Crippen LogP contribution in [0.5, 0.6) is 11.5 Å². The molecule has 0 aromatic heterocycles. The minimum atomic E-state index is -0.591. The van der Waals surface area contributed by atoms with Gasteiger partial charge in [-0.15, -0.1) is 0 Å². The molecule has 0 radical (unpaired) electrons. The predicted molar refractivity (Wildman–Crippen MR) is 78.7 cm³/mol. The van der Waals surface area contributed by atoms with Gasteiger partial charge in [0, 0.05) is 18.5 Å². The van der Waals surface area contributed by atoms with Crippen molar-refractivity contribution in [2.45, 2.75) is 31.0 Å². The molecule has 0 unspecified atom stereocenters. The van der Waals surface area contributed by atoms with Crippen LogP contribution in [-0.2, 0) is 11.3 Å². The summed E-state index contributed by atoms with van der Waals surface area (Å²) >= 11 is 0. The molecular weight excluding hydrogens is 282 g/mol. The zero-order valence-corrected chi connectivity index (χ0v) is 12.5. The van der Waals surface area contributed by atoms with Crippen molar-refractivity contribution in [3.05, 3.63) is 35.1 Å². The molecule has 0 saturated carbocycles. The van der Waals surface area contributed by atoms with E-state index in [4.69, 9.17) is 14.2 Å². The second-order valence-corrected chi connectivity index (χ2v) is 6.56. The molecule has 5 nitrogen and oxygen atoms in total. The molecule has 5 rings (SSSR count). The first kappa shape index (κ1) is 12.8. The van der Waals surface area contributed by atoms with Crippen molar-refractivity contribution in [3.8, 4) is 11.5 Å². The Morgan fingerprint density at radius 1 is 1.27 bits per heavy atom. The van der Waals surface area contributed by atoms with Crippen LogP contribution in [0.2, 0.25) is 0 Å². The molecule has 1 aliphatic carbocycles. The Kier molecular flexibility index (Phi) is 2.56. The quantitative estimate of drug-likeness (QED) is 0.854. The van der Waals surface area contributed by atoms with E-state index in [0.717, 1.165) is 31.0 Å². The first-order valence-electron chi connectivity index (χ1n) is 7.86. The largest absolute Gasteiger partial charge is 0.499 e. The fourth-order valence-electron chi connectivity index (χ4n) is 4.65. The number of nitrogens with zero attached hydrogens (tertiary/aromatic N) is 1. The third kappa shape index (κ3) is 1.55. The predicted octanol–water partition coefficient (Wildman–Crippen LogP) is 1.61. The van der Waals surface area contributed by atoms with E-state index in [1.165, 1.54) is 11.1 Å². The lowest BCUT2D eigenvalue weighted by Gasteiger charge is -2.45. The van der Waals surface area contributed by atoms with Crippen LogP contribution in [0.1, 0.15) is 23.5 Å². The van der Waals surface area contributed by atoms with E-state index in [1.807, 2.05) is 0 Å². The molecule has 22 heavy (non-hydrogen) atoms. The summed E-state index contributed by atoms with van der Waals surface area (Å²) in [6, 6.07) is 4.51. The summed E-state index contributed by atoms with van der Waals surface area (Å²) in [5.41, 5.74) is 2.43. The molecule has 3 heterocycles. The molecule has 0 bridgehead atoms. The van der Waals surface area contributed by atoms with E-state index in [2.05, 4.69) is 23.1 Å². The standard InChI is InChI=1S/C17H19NO4/c1-20-14-4-9-2-3-18-7-10-5-12-13(22-8-21-12)6-11(10)15(16(9)18)17(14)19/h4-6,9,15-17,19H,2-3,7-8H2,1H3/t9-,15-,16+,17+/m0/s1. The minimum absolute atomic E-state index is 0.0469. The van der Waals surface area contributed by atoms with Crippen LogP contribution in [0.25, 0.3) is 0 Å². The molecule has 4 atom stereocenters. The Balaban J connectivity index is 1.67. The number of methoxy groups -OCH3 is 1. The summed E-state index contributed by atoms with van der Waals surface area (Å²) in [6.45, 7) is 2.27. The van der Waals surface area contributed by atoms with Crippen LogP contribution in [0.15, 0.2) is 24.0 Å². The highest BCUT2D eigenvalue weighted by atomic mass is 16.7. The van der Waals surface area contributed by atoms with Gasteiger partial charge in [-0.2, -0.15) is 0 Å². The van der Waals surface area contributed by atoms with Gasteiger partial charge in [0.05, 0.1) is 7.11 Å². The summed E-state index contributed by atoms with van der Waals surface area (Å²) in [5.74, 6) is 2.83. The van der Waals surface area contributed by atoms with Gasteiger partial charge < -0.3 is 19.3 Å². The van der Waals surface area contributed by atoms with Crippen LogP contribution in [0, 0.1) is 5.92 Å². The number of ether oxygens (including phenoxy) is 3. The first-order chi connectivity index (χ1) is 10.8. The van der Waals surface area contributed by atoms with Gasteiger partial charge in [-0.05, 0) is 48.2 Å². The molecule has 3 aliphatic heterocycles. The fourth-order valence-corrected chi connectivity index (χ4v) is 4.65. The monoisotopic (exact) mass is 301 g/mol. The number of aliphatic hydroxyl groups is 1. The molecule has 5 heteroatoms. The maximum absolute atomic E-state index is 10.8. The molecule has 1 aromatic rings.